The Kier molecular flexibility index (Phi) is 3.87. The fourth-order valence-corrected chi connectivity index (χ4v) is 3.63. The number of aromatic amines is 1. The Hall–Kier alpha value is -2.17. The van der Waals surface area contributed by atoms with Gasteiger partial charge in [-0.2, -0.15) is 5.10 Å². The summed E-state index contributed by atoms with van der Waals surface area (Å²) in [4.78, 5) is 19.4. The van der Waals surface area contributed by atoms with E-state index in [-0.39, 0.29) is 5.91 Å². The molecule has 0 spiro atoms. The van der Waals surface area contributed by atoms with Crippen molar-refractivity contribution >= 4 is 5.91 Å². The van der Waals surface area contributed by atoms with E-state index in [1.807, 2.05) is 30.9 Å². The van der Waals surface area contributed by atoms with Crippen LogP contribution < -0.4 is 0 Å². The monoisotopic (exact) mass is 324 g/mol. The molecule has 1 amide bonds. The maximum absolute atomic E-state index is 12.7. The number of hydrogen-bond acceptors (Lipinski definition) is 3. The molecule has 1 saturated carbocycles. The van der Waals surface area contributed by atoms with E-state index in [4.69, 9.17) is 0 Å². The number of carbonyl (C=O) groups is 1. The smallest absolute Gasteiger partial charge is 0.253 e. The first-order valence-corrected chi connectivity index (χ1v) is 8.90. The lowest BCUT2D eigenvalue weighted by Gasteiger charge is -2.31. The third-order valence-electron chi connectivity index (χ3n) is 5.10. The van der Waals surface area contributed by atoms with Gasteiger partial charge in [-0.05, 0) is 51.7 Å². The lowest BCUT2D eigenvalue weighted by molar-refractivity contribution is 0.0711. The van der Waals surface area contributed by atoms with Crippen LogP contribution in [0, 0.1) is 13.8 Å². The van der Waals surface area contributed by atoms with Gasteiger partial charge in [0.1, 0.15) is 5.82 Å². The number of aryl methyl sites for hydroxylation is 2. The highest BCUT2D eigenvalue weighted by molar-refractivity contribution is 5.94. The number of aromatic nitrogens is 3. The van der Waals surface area contributed by atoms with E-state index in [0.717, 1.165) is 54.3 Å². The molecule has 1 aliphatic carbocycles. The summed E-state index contributed by atoms with van der Waals surface area (Å²) >= 11 is 0. The molecule has 2 heterocycles. The van der Waals surface area contributed by atoms with Gasteiger partial charge in [-0.25, -0.2) is 4.98 Å². The number of benzene rings is 1. The SMILES string of the molecule is Cc1cc(C)cc(C(=O)N2CCC(c3nc(C4CC4)n[nH]3)CC2)c1. The minimum absolute atomic E-state index is 0.150. The van der Waals surface area contributed by atoms with Crippen molar-refractivity contribution in [2.24, 2.45) is 0 Å². The number of piperidine rings is 1. The van der Waals surface area contributed by atoms with Crippen LogP contribution in [0.1, 0.15) is 70.7 Å². The number of H-pyrrole nitrogens is 1. The molecular weight excluding hydrogens is 300 g/mol. The van der Waals surface area contributed by atoms with Crippen LogP contribution in [0.25, 0.3) is 0 Å². The Labute approximate surface area is 142 Å². The molecule has 0 unspecified atom stereocenters. The molecule has 1 aromatic carbocycles. The Morgan fingerprint density at radius 1 is 1.04 bits per heavy atom. The van der Waals surface area contributed by atoms with Gasteiger partial charge < -0.3 is 4.90 Å². The summed E-state index contributed by atoms with van der Waals surface area (Å²) in [6.45, 7) is 5.65. The molecule has 126 valence electrons. The van der Waals surface area contributed by atoms with Crippen molar-refractivity contribution < 1.29 is 4.79 Å². The summed E-state index contributed by atoms with van der Waals surface area (Å²) in [7, 11) is 0. The Morgan fingerprint density at radius 3 is 2.33 bits per heavy atom. The van der Waals surface area contributed by atoms with E-state index in [0.29, 0.717) is 11.8 Å². The Bertz CT molecular complexity index is 734. The van der Waals surface area contributed by atoms with Crippen LogP contribution in [0.2, 0.25) is 0 Å². The van der Waals surface area contributed by atoms with Crippen molar-refractivity contribution in [3.63, 3.8) is 0 Å². The maximum Gasteiger partial charge on any atom is 0.253 e. The lowest BCUT2D eigenvalue weighted by atomic mass is 9.95. The Balaban J connectivity index is 1.40. The van der Waals surface area contributed by atoms with Crippen molar-refractivity contribution in [3.05, 3.63) is 46.5 Å². The van der Waals surface area contributed by atoms with E-state index < -0.39 is 0 Å². The van der Waals surface area contributed by atoms with E-state index in [2.05, 4.69) is 21.2 Å². The van der Waals surface area contributed by atoms with Gasteiger partial charge in [0.05, 0.1) is 0 Å². The average Bonchev–Trinajstić information content (AvgIpc) is 3.31. The first-order valence-electron chi connectivity index (χ1n) is 8.90. The molecule has 2 fully saturated rings. The fraction of sp³-hybridized carbons (Fsp3) is 0.526. The van der Waals surface area contributed by atoms with Gasteiger partial charge in [-0.3, -0.25) is 9.89 Å². The summed E-state index contributed by atoms with van der Waals surface area (Å²) in [5, 5.41) is 7.48. The number of nitrogens with one attached hydrogen (secondary N) is 1. The van der Waals surface area contributed by atoms with Gasteiger partial charge in [0.2, 0.25) is 0 Å². The van der Waals surface area contributed by atoms with E-state index in [1.165, 1.54) is 12.8 Å². The predicted octanol–water partition coefficient (Wildman–Crippen LogP) is 3.32. The number of nitrogens with zero attached hydrogens (tertiary/aromatic N) is 3. The normalized spacial score (nSPS) is 18.8. The largest absolute Gasteiger partial charge is 0.339 e. The van der Waals surface area contributed by atoms with Gasteiger partial charge in [-0.1, -0.05) is 17.2 Å². The minimum Gasteiger partial charge on any atom is -0.339 e. The molecule has 0 radical (unpaired) electrons. The molecule has 1 aliphatic heterocycles. The third kappa shape index (κ3) is 3.07. The first kappa shape index (κ1) is 15.4. The van der Waals surface area contributed by atoms with Gasteiger partial charge in [0.15, 0.2) is 5.82 Å². The number of likely N-dealkylation sites (tertiary alicyclic amines) is 1. The summed E-state index contributed by atoms with van der Waals surface area (Å²) < 4.78 is 0. The zero-order valence-corrected chi connectivity index (χ0v) is 14.4. The number of hydrogen-bond donors (Lipinski definition) is 1. The second kappa shape index (κ2) is 6.04. The van der Waals surface area contributed by atoms with Gasteiger partial charge in [0.25, 0.3) is 5.91 Å². The fourth-order valence-electron chi connectivity index (χ4n) is 3.63. The zero-order valence-electron chi connectivity index (χ0n) is 14.4. The van der Waals surface area contributed by atoms with Crippen LogP contribution in [0.3, 0.4) is 0 Å². The van der Waals surface area contributed by atoms with Crippen molar-refractivity contribution in [1.82, 2.24) is 20.1 Å². The molecule has 5 nitrogen and oxygen atoms in total. The molecule has 24 heavy (non-hydrogen) atoms. The van der Waals surface area contributed by atoms with Crippen molar-refractivity contribution in [2.45, 2.75) is 51.4 Å². The van der Waals surface area contributed by atoms with Crippen LogP contribution in [0.4, 0.5) is 0 Å². The second-order valence-electron chi connectivity index (χ2n) is 7.30. The van der Waals surface area contributed by atoms with Gasteiger partial charge >= 0.3 is 0 Å². The molecule has 0 bridgehead atoms. The first-order chi connectivity index (χ1) is 11.6. The van der Waals surface area contributed by atoms with Gasteiger partial charge in [-0.15, -0.1) is 0 Å². The molecule has 4 rings (SSSR count). The van der Waals surface area contributed by atoms with E-state index >= 15 is 0 Å². The standard InChI is InChI=1S/C19H24N4O/c1-12-9-13(2)11-16(10-12)19(24)23-7-5-15(6-8-23)18-20-17(21-22-18)14-3-4-14/h9-11,14-15H,3-8H2,1-2H3,(H,20,21,22). The molecule has 1 saturated heterocycles. The molecule has 5 heteroatoms. The minimum atomic E-state index is 0.150. The molecule has 1 aromatic heterocycles. The van der Waals surface area contributed by atoms with Crippen molar-refractivity contribution in [1.29, 1.82) is 0 Å². The summed E-state index contributed by atoms with van der Waals surface area (Å²) in [5.41, 5.74) is 3.09. The molecule has 2 aliphatic rings. The molecule has 2 aromatic rings. The highest BCUT2D eigenvalue weighted by atomic mass is 16.2. The maximum atomic E-state index is 12.7. The number of rotatable bonds is 3. The average molecular weight is 324 g/mol. The van der Waals surface area contributed by atoms with Gasteiger partial charge in [0, 0.05) is 30.5 Å². The summed E-state index contributed by atoms with van der Waals surface area (Å²) in [5.74, 6) is 3.13. The van der Waals surface area contributed by atoms with Crippen molar-refractivity contribution in [3.8, 4) is 0 Å². The van der Waals surface area contributed by atoms with Crippen LogP contribution in [-0.4, -0.2) is 39.1 Å². The van der Waals surface area contributed by atoms with E-state index in [9.17, 15) is 4.79 Å². The van der Waals surface area contributed by atoms with Crippen LogP contribution in [0.15, 0.2) is 18.2 Å². The van der Waals surface area contributed by atoms with Crippen LogP contribution >= 0.6 is 0 Å². The predicted molar refractivity (Wildman–Crippen MR) is 92.2 cm³/mol. The highest BCUT2D eigenvalue weighted by Gasteiger charge is 2.30. The molecule has 0 atom stereocenters. The van der Waals surface area contributed by atoms with E-state index in [1.54, 1.807) is 0 Å². The number of amides is 1. The zero-order chi connectivity index (χ0) is 16.7. The topological polar surface area (TPSA) is 61.9 Å². The highest BCUT2D eigenvalue weighted by Crippen LogP contribution is 2.38. The quantitative estimate of drug-likeness (QED) is 0.942. The van der Waals surface area contributed by atoms with Crippen molar-refractivity contribution in [2.75, 3.05) is 13.1 Å². The summed E-state index contributed by atoms with van der Waals surface area (Å²) in [6.07, 6.45) is 4.35. The van der Waals surface area contributed by atoms with Crippen LogP contribution in [0.5, 0.6) is 0 Å². The molecular formula is C19H24N4O. The second-order valence-corrected chi connectivity index (χ2v) is 7.30. The lowest BCUT2D eigenvalue weighted by Crippen LogP contribution is -2.38. The Morgan fingerprint density at radius 2 is 1.71 bits per heavy atom. The third-order valence-corrected chi connectivity index (χ3v) is 5.10. The number of carbonyl (C=O) groups excluding carboxylic acids is 1. The van der Waals surface area contributed by atoms with Crippen LogP contribution in [-0.2, 0) is 0 Å². The molecule has 1 N–H and O–H groups in total. The summed E-state index contributed by atoms with van der Waals surface area (Å²) in [6, 6.07) is 6.07.